The number of benzene rings is 1. The number of ether oxygens (including phenoxy) is 2. The second-order valence-corrected chi connectivity index (χ2v) is 5.41. The summed E-state index contributed by atoms with van der Waals surface area (Å²) in [6, 6.07) is 2.91. The van der Waals surface area contributed by atoms with Crippen molar-refractivity contribution in [3.05, 3.63) is 35.4 Å². The number of aromatic nitrogens is 2. The standard InChI is InChI=1S/C16H22FN3O2/c1-10(2)16-11(9-20(3)19-16)8-18-13-7-15(22-5)14(21-4)6-12(13)17/h6-7,9-10,18H,8H2,1-5H3. The van der Waals surface area contributed by atoms with E-state index in [1.165, 1.54) is 20.3 Å². The summed E-state index contributed by atoms with van der Waals surface area (Å²) in [5.74, 6) is 0.789. The molecule has 0 spiro atoms. The Balaban J connectivity index is 2.21. The van der Waals surface area contributed by atoms with Crippen LogP contribution in [0.1, 0.15) is 31.0 Å². The number of hydrogen-bond acceptors (Lipinski definition) is 4. The van der Waals surface area contributed by atoms with Crippen LogP contribution in [0.15, 0.2) is 18.3 Å². The lowest BCUT2D eigenvalue weighted by Crippen LogP contribution is -2.05. The third-order valence-corrected chi connectivity index (χ3v) is 3.43. The van der Waals surface area contributed by atoms with Gasteiger partial charge in [0.25, 0.3) is 0 Å². The molecule has 0 atom stereocenters. The van der Waals surface area contributed by atoms with E-state index in [0.717, 1.165) is 11.3 Å². The van der Waals surface area contributed by atoms with Crippen molar-refractivity contribution < 1.29 is 13.9 Å². The molecule has 0 saturated heterocycles. The van der Waals surface area contributed by atoms with Crippen LogP contribution in [-0.4, -0.2) is 24.0 Å². The zero-order valence-corrected chi connectivity index (χ0v) is 13.6. The quantitative estimate of drug-likeness (QED) is 0.889. The Morgan fingerprint density at radius 2 is 1.86 bits per heavy atom. The number of rotatable bonds is 6. The van der Waals surface area contributed by atoms with Crippen LogP contribution >= 0.6 is 0 Å². The van der Waals surface area contributed by atoms with Crippen molar-refractivity contribution >= 4 is 5.69 Å². The third kappa shape index (κ3) is 3.32. The second-order valence-electron chi connectivity index (χ2n) is 5.41. The van der Waals surface area contributed by atoms with Gasteiger partial charge in [-0.2, -0.15) is 5.10 Å². The molecule has 2 rings (SSSR count). The summed E-state index contributed by atoms with van der Waals surface area (Å²) in [7, 11) is 4.89. The average Bonchev–Trinajstić information content (AvgIpc) is 2.86. The van der Waals surface area contributed by atoms with Gasteiger partial charge in [-0.25, -0.2) is 4.39 Å². The maximum Gasteiger partial charge on any atom is 0.163 e. The Labute approximate surface area is 130 Å². The van der Waals surface area contributed by atoms with Crippen molar-refractivity contribution in [3.8, 4) is 11.5 Å². The molecule has 1 aromatic carbocycles. The highest BCUT2D eigenvalue weighted by molar-refractivity contribution is 5.56. The molecule has 1 N–H and O–H groups in total. The minimum atomic E-state index is -0.382. The van der Waals surface area contributed by atoms with E-state index in [1.54, 1.807) is 10.7 Å². The zero-order valence-electron chi connectivity index (χ0n) is 13.6. The summed E-state index contributed by atoms with van der Waals surface area (Å²) in [6.45, 7) is 4.67. The lowest BCUT2D eigenvalue weighted by atomic mass is 10.1. The highest BCUT2D eigenvalue weighted by atomic mass is 19.1. The summed E-state index contributed by atoms with van der Waals surface area (Å²) in [4.78, 5) is 0. The molecule has 1 heterocycles. The van der Waals surface area contributed by atoms with E-state index in [0.29, 0.717) is 29.6 Å². The van der Waals surface area contributed by atoms with E-state index in [2.05, 4.69) is 24.3 Å². The molecule has 5 nitrogen and oxygen atoms in total. The Hall–Kier alpha value is -2.24. The number of hydrogen-bond donors (Lipinski definition) is 1. The van der Waals surface area contributed by atoms with Crippen LogP contribution in [0.5, 0.6) is 11.5 Å². The van der Waals surface area contributed by atoms with Crippen molar-refractivity contribution in [2.24, 2.45) is 7.05 Å². The molecule has 2 aromatic rings. The fourth-order valence-electron chi connectivity index (χ4n) is 2.36. The number of aryl methyl sites for hydroxylation is 1. The first-order valence-corrected chi connectivity index (χ1v) is 7.14. The average molecular weight is 307 g/mol. The van der Waals surface area contributed by atoms with Gasteiger partial charge in [-0.05, 0) is 5.92 Å². The van der Waals surface area contributed by atoms with Gasteiger partial charge in [-0.15, -0.1) is 0 Å². The first-order valence-electron chi connectivity index (χ1n) is 7.14. The molecule has 0 radical (unpaired) electrons. The van der Waals surface area contributed by atoms with E-state index in [9.17, 15) is 4.39 Å². The smallest absolute Gasteiger partial charge is 0.163 e. The Morgan fingerprint density at radius 1 is 1.23 bits per heavy atom. The predicted octanol–water partition coefficient (Wildman–Crippen LogP) is 3.31. The van der Waals surface area contributed by atoms with Gasteiger partial charge < -0.3 is 14.8 Å². The van der Waals surface area contributed by atoms with Crippen LogP contribution in [0.25, 0.3) is 0 Å². The summed E-state index contributed by atoms with van der Waals surface area (Å²) < 4.78 is 26.2. The van der Waals surface area contributed by atoms with Gasteiger partial charge in [-0.3, -0.25) is 4.68 Å². The molecular formula is C16H22FN3O2. The molecular weight excluding hydrogens is 285 g/mol. The molecule has 0 saturated carbocycles. The molecule has 22 heavy (non-hydrogen) atoms. The molecule has 0 aliphatic carbocycles. The third-order valence-electron chi connectivity index (χ3n) is 3.43. The highest BCUT2D eigenvalue weighted by Gasteiger charge is 2.14. The molecule has 0 aliphatic rings. The second kappa shape index (κ2) is 6.68. The van der Waals surface area contributed by atoms with E-state index < -0.39 is 0 Å². The molecule has 0 amide bonds. The monoisotopic (exact) mass is 307 g/mol. The highest BCUT2D eigenvalue weighted by Crippen LogP contribution is 2.32. The van der Waals surface area contributed by atoms with Crippen LogP contribution in [0, 0.1) is 5.82 Å². The first-order chi connectivity index (χ1) is 10.5. The maximum absolute atomic E-state index is 14.1. The van der Waals surface area contributed by atoms with E-state index in [4.69, 9.17) is 9.47 Å². The van der Waals surface area contributed by atoms with Crippen LogP contribution in [-0.2, 0) is 13.6 Å². The number of anilines is 1. The zero-order chi connectivity index (χ0) is 16.3. The largest absolute Gasteiger partial charge is 0.493 e. The van der Waals surface area contributed by atoms with Crippen molar-refractivity contribution in [2.75, 3.05) is 19.5 Å². The van der Waals surface area contributed by atoms with Gasteiger partial charge in [0.05, 0.1) is 25.6 Å². The fraction of sp³-hybridized carbons (Fsp3) is 0.438. The topological polar surface area (TPSA) is 48.3 Å². The Bertz CT molecular complexity index is 653. The van der Waals surface area contributed by atoms with Gasteiger partial charge in [0, 0.05) is 37.5 Å². The van der Waals surface area contributed by atoms with Gasteiger partial charge >= 0.3 is 0 Å². The molecule has 0 unspecified atom stereocenters. The lowest BCUT2D eigenvalue weighted by Gasteiger charge is -2.13. The molecule has 120 valence electrons. The van der Waals surface area contributed by atoms with Crippen molar-refractivity contribution in [2.45, 2.75) is 26.3 Å². The van der Waals surface area contributed by atoms with Crippen molar-refractivity contribution in [1.29, 1.82) is 0 Å². The normalized spacial score (nSPS) is 10.9. The van der Waals surface area contributed by atoms with E-state index >= 15 is 0 Å². The van der Waals surface area contributed by atoms with Crippen LogP contribution in [0.4, 0.5) is 10.1 Å². The van der Waals surface area contributed by atoms with Crippen molar-refractivity contribution in [1.82, 2.24) is 9.78 Å². The van der Waals surface area contributed by atoms with E-state index in [-0.39, 0.29) is 5.82 Å². The summed E-state index contributed by atoms with van der Waals surface area (Å²) >= 11 is 0. The number of methoxy groups -OCH3 is 2. The minimum absolute atomic E-state index is 0.313. The fourth-order valence-corrected chi connectivity index (χ4v) is 2.36. The maximum atomic E-state index is 14.1. The van der Waals surface area contributed by atoms with Gasteiger partial charge in [0.1, 0.15) is 5.82 Å². The Kier molecular flexibility index (Phi) is 4.90. The number of halogens is 1. The number of nitrogens with zero attached hydrogens (tertiary/aromatic N) is 2. The predicted molar refractivity (Wildman–Crippen MR) is 84.1 cm³/mol. The number of nitrogens with one attached hydrogen (secondary N) is 1. The Morgan fingerprint density at radius 3 is 2.45 bits per heavy atom. The summed E-state index contributed by atoms with van der Waals surface area (Å²) in [5.41, 5.74) is 2.43. The molecule has 0 bridgehead atoms. The molecule has 0 fully saturated rings. The SMILES string of the molecule is COc1cc(F)c(NCc2cn(C)nc2C(C)C)cc1OC. The van der Waals surface area contributed by atoms with Gasteiger partial charge in [0.2, 0.25) is 0 Å². The minimum Gasteiger partial charge on any atom is -0.493 e. The van der Waals surface area contributed by atoms with Gasteiger partial charge in [0.15, 0.2) is 11.5 Å². The van der Waals surface area contributed by atoms with Crippen LogP contribution < -0.4 is 14.8 Å². The van der Waals surface area contributed by atoms with Crippen LogP contribution in [0.2, 0.25) is 0 Å². The molecule has 6 heteroatoms. The van der Waals surface area contributed by atoms with Crippen LogP contribution in [0.3, 0.4) is 0 Å². The first kappa shape index (κ1) is 16.1. The summed E-state index contributed by atoms with van der Waals surface area (Å²) in [6.07, 6.45) is 1.95. The van der Waals surface area contributed by atoms with Crippen molar-refractivity contribution in [3.63, 3.8) is 0 Å². The lowest BCUT2D eigenvalue weighted by molar-refractivity contribution is 0.352. The summed E-state index contributed by atoms with van der Waals surface area (Å²) in [5, 5.41) is 7.54. The molecule has 0 aliphatic heterocycles. The van der Waals surface area contributed by atoms with E-state index in [1.807, 2.05) is 13.2 Å². The molecule has 1 aromatic heterocycles. The van der Waals surface area contributed by atoms with Gasteiger partial charge in [-0.1, -0.05) is 13.8 Å².